The molecule has 45 heavy (non-hydrogen) atoms. The molecule has 0 radical (unpaired) electrons. The number of carbonyl (C=O) groups excluding carboxylic acids is 1. The van der Waals surface area contributed by atoms with Gasteiger partial charge < -0.3 is 19.7 Å². The lowest BCUT2D eigenvalue weighted by Gasteiger charge is -2.34. The summed E-state index contributed by atoms with van der Waals surface area (Å²) < 4.78 is 108. The number of carboxylic acids is 1. The second-order valence-electron chi connectivity index (χ2n) is 12.5. The molecular formula is C31H34F7NO5S. The third-order valence-electron chi connectivity index (χ3n) is 8.66. The molecule has 14 heteroatoms. The molecule has 248 valence electrons. The number of aliphatic carboxylic acids is 1. The number of carbonyl (C=O) groups is 2. The zero-order valence-electron chi connectivity index (χ0n) is 24.6. The van der Waals surface area contributed by atoms with Crippen LogP contribution in [0.4, 0.5) is 30.7 Å². The Morgan fingerprint density at radius 1 is 0.933 bits per heavy atom. The highest BCUT2D eigenvalue weighted by Crippen LogP contribution is 2.54. The summed E-state index contributed by atoms with van der Waals surface area (Å²) in [5.41, 5.74) is -7.74. The van der Waals surface area contributed by atoms with Crippen molar-refractivity contribution in [3.8, 4) is 0 Å². The maximum Gasteiger partial charge on any atom is 0.435 e. The lowest BCUT2D eigenvalue weighted by molar-refractivity contribution is -0.348. The van der Waals surface area contributed by atoms with E-state index in [0.29, 0.717) is 43.4 Å². The maximum atomic E-state index is 14.8. The Kier molecular flexibility index (Phi) is 9.65. The van der Waals surface area contributed by atoms with Gasteiger partial charge in [0.2, 0.25) is 5.91 Å². The molecule has 1 aliphatic heterocycles. The van der Waals surface area contributed by atoms with E-state index in [9.17, 15) is 55.1 Å². The van der Waals surface area contributed by atoms with Crippen LogP contribution in [-0.4, -0.2) is 62.6 Å². The van der Waals surface area contributed by atoms with Gasteiger partial charge in [0.25, 0.3) is 0 Å². The standard InChI is InChI=1S/C31H34F7NO5S/c1-27(2,43)17-19-4-3-5-24(16-19)45(44)28(14-15-39(18-28)25(40)20-6-8-21(9-7-20)26(41)42)22-10-12-23(13-11-22)29(32,30(33,34)35)31(36,37)38/h3-5,10-13,16,20-21,43H,6-9,14-15,17-18H2,1-2H3,(H,41,42). The fraction of sp³-hybridized carbons (Fsp3) is 0.548. The van der Waals surface area contributed by atoms with Crippen LogP contribution in [0.2, 0.25) is 0 Å². The Balaban J connectivity index is 1.72. The number of rotatable bonds is 8. The molecule has 2 aromatic rings. The van der Waals surface area contributed by atoms with Crippen LogP contribution in [0.3, 0.4) is 0 Å². The van der Waals surface area contributed by atoms with Crippen molar-refractivity contribution in [1.82, 2.24) is 4.90 Å². The van der Waals surface area contributed by atoms with Crippen LogP contribution >= 0.6 is 0 Å². The van der Waals surface area contributed by atoms with Gasteiger partial charge >= 0.3 is 24.0 Å². The van der Waals surface area contributed by atoms with Gasteiger partial charge in [-0.1, -0.05) is 36.4 Å². The number of hydrogen-bond acceptors (Lipinski definition) is 4. The number of aliphatic hydroxyl groups is 1. The first kappa shape index (κ1) is 35.0. The summed E-state index contributed by atoms with van der Waals surface area (Å²) in [5, 5.41) is 19.6. The second-order valence-corrected chi connectivity index (χ2v) is 14.3. The highest BCUT2D eigenvalue weighted by molar-refractivity contribution is 7.92. The van der Waals surface area contributed by atoms with E-state index < -0.39 is 62.9 Å². The van der Waals surface area contributed by atoms with E-state index in [0.717, 1.165) is 12.1 Å². The second kappa shape index (κ2) is 12.4. The molecular weight excluding hydrogens is 631 g/mol. The highest BCUT2D eigenvalue weighted by Gasteiger charge is 2.73. The van der Waals surface area contributed by atoms with Crippen LogP contribution in [0.5, 0.6) is 0 Å². The average Bonchev–Trinajstić information content (AvgIpc) is 3.41. The summed E-state index contributed by atoms with van der Waals surface area (Å²) in [5.74, 6) is -2.31. The zero-order valence-corrected chi connectivity index (χ0v) is 25.4. The molecule has 0 bridgehead atoms. The van der Waals surface area contributed by atoms with Crippen molar-refractivity contribution in [3.63, 3.8) is 0 Å². The molecule has 2 N–H and O–H groups in total. The normalized spacial score (nSPS) is 24.0. The van der Waals surface area contributed by atoms with Gasteiger partial charge in [-0.25, -0.2) is 4.39 Å². The number of nitrogens with zero attached hydrogens (tertiary/aromatic N) is 1. The van der Waals surface area contributed by atoms with Crippen molar-refractivity contribution < 1.29 is 55.1 Å². The van der Waals surface area contributed by atoms with Crippen LogP contribution in [0.1, 0.15) is 62.6 Å². The van der Waals surface area contributed by atoms with Gasteiger partial charge in [0, 0.05) is 36.4 Å². The van der Waals surface area contributed by atoms with Gasteiger partial charge in [-0.3, -0.25) is 9.59 Å². The number of halogens is 7. The van der Waals surface area contributed by atoms with Gasteiger partial charge in [-0.2, -0.15) is 26.3 Å². The zero-order chi connectivity index (χ0) is 33.6. The number of alkyl halides is 7. The first-order valence-electron chi connectivity index (χ1n) is 14.4. The summed E-state index contributed by atoms with van der Waals surface area (Å²) in [6.07, 6.45) is -11.1. The molecule has 2 aromatic carbocycles. The van der Waals surface area contributed by atoms with Crippen LogP contribution in [0.25, 0.3) is 0 Å². The van der Waals surface area contributed by atoms with E-state index in [1.807, 2.05) is 0 Å². The quantitative estimate of drug-likeness (QED) is 0.251. The third-order valence-corrected chi connectivity index (χ3v) is 10.6. The summed E-state index contributed by atoms with van der Waals surface area (Å²) >= 11 is -2.01. The predicted octanol–water partition coefficient (Wildman–Crippen LogP) is 6.42. The van der Waals surface area contributed by atoms with E-state index in [1.54, 1.807) is 32.0 Å². The maximum absolute atomic E-state index is 14.8. The molecule has 1 aliphatic carbocycles. The summed E-state index contributed by atoms with van der Waals surface area (Å²) in [6.45, 7) is 3.05. The van der Waals surface area contributed by atoms with Crippen LogP contribution in [0, 0.1) is 11.8 Å². The summed E-state index contributed by atoms with van der Waals surface area (Å²) in [6, 6.07) is 8.99. The fourth-order valence-electron chi connectivity index (χ4n) is 6.30. The molecule has 2 unspecified atom stereocenters. The van der Waals surface area contributed by atoms with Crippen molar-refractivity contribution in [2.45, 2.75) is 85.6 Å². The van der Waals surface area contributed by atoms with Crippen molar-refractivity contribution in [2.75, 3.05) is 13.1 Å². The van der Waals surface area contributed by atoms with Gasteiger partial charge in [-0.05, 0) is 68.4 Å². The van der Waals surface area contributed by atoms with Crippen molar-refractivity contribution in [2.24, 2.45) is 11.8 Å². The molecule has 2 aliphatic rings. The Labute approximate surface area is 258 Å². The van der Waals surface area contributed by atoms with Gasteiger partial charge in [0.1, 0.15) is 0 Å². The Morgan fingerprint density at radius 2 is 1.49 bits per heavy atom. The van der Waals surface area contributed by atoms with Gasteiger partial charge in [0.05, 0.1) is 18.1 Å². The van der Waals surface area contributed by atoms with E-state index in [2.05, 4.69) is 0 Å². The molecule has 4 rings (SSSR count). The van der Waals surface area contributed by atoms with Crippen LogP contribution in [0.15, 0.2) is 53.4 Å². The van der Waals surface area contributed by atoms with Crippen molar-refractivity contribution in [1.29, 1.82) is 0 Å². The average molecular weight is 666 g/mol. The van der Waals surface area contributed by atoms with E-state index in [-0.39, 0.29) is 42.3 Å². The molecule has 0 aromatic heterocycles. The number of benzene rings is 2. The first-order valence-corrected chi connectivity index (χ1v) is 15.5. The number of likely N-dealkylation sites (tertiary alicyclic amines) is 1. The van der Waals surface area contributed by atoms with E-state index in [4.69, 9.17) is 0 Å². The monoisotopic (exact) mass is 665 g/mol. The van der Waals surface area contributed by atoms with Gasteiger partial charge in [0.15, 0.2) is 9.64 Å². The van der Waals surface area contributed by atoms with E-state index >= 15 is 0 Å². The summed E-state index contributed by atoms with van der Waals surface area (Å²) in [7, 11) is 0. The fourth-order valence-corrected chi connectivity index (χ4v) is 8.11. The van der Waals surface area contributed by atoms with Crippen LogP contribution < -0.4 is 0 Å². The Bertz CT molecular complexity index is 1370. The minimum Gasteiger partial charge on any atom is -0.611 e. The lowest BCUT2D eigenvalue weighted by atomic mass is 9.81. The number of carboxylic acid groups (broad SMARTS) is 1. The Morgan fingerprint density at radius 3 is 2.00 bits per heavy atom. The highest BCUT2D eigenvalue weighted by atomic mass is 32.2. The predicted molar refractivity (Wildman–Crippen MR) is 150 cm³/mol. The Hall–Kier alpha value is -2.84. The smallest absolute Gasteiger partial charge is 0.435 e. The van der Waals surface area contributed by atoms with Crippen molar-refractivity contribution in [3.05, 3.63) is 65.2 Å². The SMILES string of the molecule is CC(C)(O)Cc1cccc([S+]([O-])C2(c3ccc(C(F)(C(F)(F)F)C(F)(F)F)cc3)CCN(C(=O)C3CCC(C(=O)O)CC3)C2)c1. The first-order chi connectivity index (χ1) is 20.7. The summed E-state index contributed by atoms with van der Waals surface area (Å²) in [4.78, 5) is 26.6. The minimum atomic E-state index is -6.30. The van der Waals surface area contributed by atoms with Crippen molar-refractivity contribution >= 4 is 23.1 Å². The molecule has 1 heterocycles. The molecule has 1 amide bonds. The third kappa shape index (κ3) is 6.97. The molecule has 6 nitrogen and oxygen atoms in total. The van der Waals surface area contributed by atoms with Crippen LogP contribution in [-0.2, 0) is 37.6 Å². The van der Waals surface area contributed by atoms with E-state index in [1.165, 1.54) is 11.0 Å². The molecule has 0 spiro atoms. The topological polar surface area (TPSA) is 101 Å². The molecule has 1 saturated heterocycles. The lowest BCUT2D eigenvalue weighted by Crippen LogP contribution is -2.50. The largest absolute Gasteiger partial charge is 0.611 e. The number of hydrogen-bond donors (Lipinski definition) is 2. The molecule has 1 saturated carbocycles. The number of amides is 1. The molecule has 2 atom stereocenters. The van der Waals surface area contributed by atoms with Gasteiger partial charge in [-0.15, -0.1) is 0 Å². The molecule has 2 fully saturated rings. The minimum absolute atomic E-state index is 0.0319.